The minimum Gasteiger partial charge on any atom is -0.545 e. The molecule has 1 aliphatic heterocycles. The van der Waals surface area contributed by atoms with Crippen molar-refractivity contribution in [2.75, 3.05) is 0 Å². The summed E-state index contributed by atoms with van der Waals surface area (Å²) in [5.74, 6) is -1.24. The zero-order valence-corrected chi connectivity index (χ0v) is 14.9. The van der Waals surface area contributed by atoms with E-state index in [1.807, 2.05) is 30.3 Å². The highest BCUT2D eigenvalue weighted by Gasteiger charge is 2.16. The lowest BCUT2D eigenvalue weighted by atomic mass is 10.1. The van der Waals surface area contributed by atoms with Gasteiger partial charge in [-0.3, -0.25) is 9.56 Å². The van der Waals surface area contributed by atoms with Crippen LogP contribution in [0.1, 0.15) is 20.8 Å². The van der Waals surface area contributed by atoms with Crippen LogP contribution in [0.5, 0.6) is 5.88 Å². The van der Waals surface area contributed by atoms with Gasteiger partial charge in [0.2, 0.25) is 5.88 Å². The number of rotatable bonds is 3. The van der Waals surface area contributed by atoms with Crippen LogP contribution in [0.2, 0.25) is 0 Å². The number of thiazole rings is 1. The molecule has 5 nitrogen and oxygen atoms in total. The molecule has 0 atom stereocenters. The van der Waals surface area contributed by atoms with E-state index in [4.69, 9.17) is 12.2 Å². The maximum atomic E-state index is 10.9. The number of aliphatic imine (C=N–C) groups is 1. The highest BCUT2D eigenvalue weighted by molar-refractivity contribution is 7.73. The normalized spacial score (nSPS) is 13.9. The summed E-state index contributed by atoms with van der Waals surface area (Å²) in [4.78, 5) is 15.8. The van der Waals surface area contributed by atoms with Gasteiger partial charge in [0.05, 0.1) is 22.2 Å². The molecule has 0 amide bonds. The van der Waals surface area contributed by atoms with Crippen LogP contribution in [-0.4, -0.2) is 21.9 Å². The summed E-state index contributed by atoms with van der Waals surface area (Å²) in [6.07, 6.45) is 3.60. The van der Waals surface area contributed by atoms with Crippen LogP contribution >= 0.6 is 23.6 Å². The lowest BCUT2D eigenvalue weighted by Crippen LogP contribution is -2.22. The van der Waals surface area contributed by atoms with E-state index in [9.17, 15) is 15.0 Å². The van der Waals surface area contributed by atoms with Crippen molar-refractivity contribution in [3.63, 3.8) is 0 Å². The number of allylic oxidation sites excluding steroid dienone is 1. The second kappa shape index (κ2) is 6.36. The fourth-order valence-electron chi connectivity index (χ4n) is 2.75. The number of hydrogen-bond acceptors (Lipinski definition) is 6. The molecule has 3 aromatic rings. The van der Waals surface area contributed by atoms with E-state index < -0.39 is 5.97 Å². The number of carbonyl (C=O) groups excluding carboxylic acids is 1. The maximum Gasteiger partial charge on any atom is 0.215 e. The van der Waals surface area contributed by atoms with Gasteiger partial charge in [0.1, 0.15) is 0 Å². The average molecular weight is 379 g/mol. The van der Waals surface area contributed by atoms with Crippen molar-refractivity contribution in [3.8, 4) is 11.6 Å². The predicted octanol–water partition coefficient (Wildman–Crippen LogP) is 3.59. The van der Waals surface area contributed by atoms with Gasteiger partial charge in [0, 0.05) is 17.4 Å². The first kappa shape index (κ1) is 16.4. The van der Waals surface area contributed by atoms with Crippen LogP contribution in [0.3, 0.4) is 0 Å². The standard InChI is InChI=1S/C19H12N2O3S2/c22-17-16(9-12-10-20-15-4-2-1-3-14(12)15)26-19(25)21(17)13-7-5-11(6-8-13)18(23)24/h1-10,22H,(H,23,24)/p-1/b12-9+. The first-order valence-corrected chi connectivity index (χ1v) is 8.89. The minimum absolute atomic E-state index is 0.00600. The van der Waals surface area contributed by atoms with Crippen molar-refractivity contribution in [1.29, 1.82) is 0 Å². The number of carboxylic acid groups (broad SMARTS) is 1. The highest BCUT2D eigenvalue weighted by Crippen LogP contribution is 2.36. The number of carbonyl (C=O) groups is 1. The number of aromatic hydroxyl groups is 1. The zero-order valence-electron chi connectivity index (χ0n) is 13.2. The quantitative estimate of drug-likeness (QED) is 0.706. The number of fused-ring (bicyclic) bond motifs is 1. The number of para-hydroxylation sites is 1. The largest absolute Gasteiger partial charge is 0.545 e. The molecule has 2 aromatic carbocycles. The van der Waals surface area contributed by atoms with Gasteiger partial charge >= 0.3 is 0 Å². The fourth-order valence-corrected chi connectivity index (χ4v) is 4.05. The zero-order chi connectivity index (χ0) is 18.3. The maximum absolute atomic E-state index is 10.9. The molecule has 0 bridgehead atoms. The number of carboxylic acids is 1. The monoisotopic (exact) mass is 379 g/mol. The summed E-state index contributed by atoms with van der Waals surface area (Å²) < 4.78 is 1.96. The van der Waals surface area contributed by atoms with Crippen molar-refractivity contribution in [3.05, 3.63) is 68.5 Å². The second-order valence-corrected chi connectivity index (χ2v) is 7.28. The van der Waals surface area contributed by atoms with E-state index in [0.717, 1.165) is 16.8 Å². The molecular formula is C19H11N2O3S2-. The molecule has 0 spiro atoms. The number of nitrogens with zero attached hydrogens (tertiary/aromatic N) is 2. The molecule has 0 saturated heterocycles. The SMILES string of the molecule is O=C([O-])c1ccc(-n2c(O)c(/C=C3\C=Nc4ccccc43)sc2=S)cc1. The van der Waals surface area contributed by atoms with Crippen molar-refractivity contribution >= 4 is 53.1 Å². The Hall–Kier alpha value is -3.03. The van der Waals surface area contributed by atoms with Gasteiger partial charge in [-0.05, 0) is 42.1 Å². The smallest absolute Gasteiger partial charge is 0.215 e. The summed E-state index contributed by atoms with van der Waals surface area (Å²) in [6, 6.07) is 13.8. The van der Waals surface area contributed by atoms with Gasteiger partial charge in [-0.1, -0.05) is 30.3 Å². The van der Waals surface area contributed by atoms with Crippen molar-refractivity contribution in [2.24, 2.45) is 4.99 Å². The Morgan fingerprint density at radius 3 is 2.65 bits per heavy atom. The van der Waals surface area contributed by atoms with E-state index >= 15 is 0 Å². The Morgan fingerprint density at radius 1 is 1.19 bits per heavy atom. The topological polar surface area (TPSA) is 77.6 Å². The Kier molecular flexibility index (Phi) is 4.02. The highest BCUT2D eigenvalue weighted by atomic mass is 32.1. The number of benzene rings is 2. The molecule has 1 N–H and O–H groups in total. The lowest BCUT2D eigenvalue weighted by Gasteiger charge is -2.07. The number of aromatic nitrogens is 1. The van der Waals surface area contributed by atoms with Gasteiger partial charge in [-0.15, -0.1) is 11.3 Å². The van der Waals surface area contributed by atoms with Crippen LogP contribution in [-0.2, 0) is 0 Å². The van der Waals surface area contributed by atoms with E-state index in [1.54, 1.807) is 18.3 Å². The molecule has 1 aliphatic rings. The Labute approximate surface area is 157 Å². The third kappa shape index (κ3) is 2.77. The summed E-state index contributed by atoms with van der Waals surface area (Å²) in [6.45, 7) is 0. The van der Waals surface area contributed by atoms with Gasteiger partial charge in [0.25, 0.3) is 0 Å². The number of hydrogen-bond donors (Lipinski definition) is 1. The summed E-state index contributed by atoms with van der Waals surface area (Å²) >= 11 is 6.64. The van der Waals surface area contributed by atoms with E-state index in [1.165, 1.54) is 28.0 Å². The molecule has 1 aromatic heterocycles. The van der Waals surface area contributed by atoms with Gasteiger partial charge in [-0.25, -0.2) is 0 Å². The molecule has 0 fully saturated rings. The van der Waals surface area contributed by atoms with Crippen LogP contribution in [0, 0.1) is 3.95 Å². The van der Waals surface area contributed by atoms with E-state index in [-0.39, 0.29) is 11.4 Å². The number of aromatic carboxylic acids is 1. The Morgan fingerprint density at radius 2 is 1.92 bits per heavy atom. The second-order valence-electron chi connectivity index (χ2n) is 5.60. The van der Waals surface area contributed by atoms with Gasteiger partial charge in [-0.2, -0.15) is 0 Å². The third-order valence-corrected chi connectivity index (χ3v) is 5.33. The third-order valence-electron chi connectivity index (χ3n) is 4.02. The van der Waals surface area contributed by atoms with Crippen LogP contribution < -0.4 is 5.11 Å². The van der Waals surface area contributed by atoms with Crippen molar-refractivity contribution in [1.82, 2.24) is 4.57 Å². The molecule has 0 radical (unpaired) electrons. The van der Waals surface area contributed by atoms with Crippen LogP contribution in [0.25, 0.3) is 17.3 Å². The molecule has 128 valence electrons. The molecule has 4 rings (SSSR count). The Bertz CT molecular complexity index is 1140. The average Bonchev–Trinajstić information content (AvgIpc) is 3.16. The Balaban J connectivity index is 1.77. The van der Waals surface area contributed by atoms with Crippen molar-refractivity contribution < 1.29 is 15.0 Å². The molecule has 0 unspecified atom stereocenters. The molecular weight excluding hydrogens is 368 g/mol. The first-order valence-electron chi connectivity index (χ1n) is 7.66. The molecule has 0 saturated carbocycles. The minimum atomic E-state index is -1.25. The summed E-state index contributed by atoms with van der Waals surface area (Å²) in [5.41, 5.74) is 3.43. The van der Waals surface area contributed by atoms with E-state index in [2.05, 4.69) is 4.99 Å². The molecule has 7 heteroatoms. The van der Waals surface area contributed by atoms with Gasteiger partial charge < -0.3 is 15.0 Å². The first-order chi connectivity index (χ1) is 12.5. The molecule has 2 heterocycles. The fraction of sp³-hybridized carbons (Fsp3) is 0. The van der Waals surface area contributed by atoms with Crippen LogP contribution in [0.15, 0.2) is 53.5 Å². The predicted molar refractivity (Wildman–Crippen MR) is 103 cm³/mol. The summed E-state index contributed by atoms with van der Waals surface area (Å²) in [7, 11) is 0. The molecule has 26 heavy (non-hydrogen) atoms. The molecule has 0 aliphatic carbocycles. The van der Waals surface area contributed by atoms with E-state index in [0.29, 0.717) is 14.5 Å². The van der Waals surface area contributed by atoms with Crippen molar-refractivity contribution in [2.45, 2.75) is 0 Å². The summed E-state index contributed by atoms with van der Waals surface area (Å²) in [5, 5.41) is 21.5. The lowest BCUT2D eigenvalue weighted by molar-refractivity contribution is -0.255. The van der Waals surface area contributed by atoms with Gasteiger partial charge in [0.15, 0.2) is 3.95 Å². The van der Waals surface area contributed by atoms with Crippen LogP contribution in [0.4, 0.5) is 5.69 Å².